The molecule has 2 aromatic heterocycles. The number of amides is 1. The highest BCUT2D eigenvalue weighted by Crippen LogP contribution is 2.08. The van der Waals surface area contributed by atoms with Crippen molar-refractivity contribution in [1.29, 1.82) is 0 Å². The lowest BCUT2D eigenvalue weighted by atomic mass is 10.2. The smallest absolute Gasteiger partial charge is 0.233 e. The molecule has 2 aromatic rings. The molecule has 5 nitrogen and oxygen atoms in total. The summed E-state index contributed by atoms with van der Waals surface area (Å²) in [6, 6.07) is 4.37. The number of thiophene rings is 1. The predicted molar refractivity (Wildman–Crippen MR) is 85.4 cm³/mol. The molecular weight excluding hydrogens is 284 g/mol. The van der Waals surface area contributed by atoms with Gasteiger partial charge in [0.25, 0.3) is 0 Å². The number of hydrogen-bond acceptors (Lipinski definition) is 4. The highest BCUT2D eigenvalue weighted by Gasteiger charge is 2.14. The highest BCUT2D eigenvalue weighted by molar-refractivity contribution is 7.07. The van der Waals surface area contributed by atoms with Gasteiger partial charge >= 0.3 is 0 Å². The van der Waals surface area contributed by atoms with Crippen molar-refractivity contribution in [1.82, 2.24) is 20.4 Å². The van der Waals surface area contributed by atoms with Gasteiger partial charge < -0.3 is 10.6 Å². The molecule has 0 aromatic carbocycles. The molecule has 0 spiro atoms. The third-order valence-electron chi connectivity index (χ3n) is 3.57. The van der Waals surface area contributed by atoms with Crippen molar-refractivity contribution in [3.05, 3.63) is 40.8 Å². The van der Waals surface area contributed by atoms with E-state index in [9.17, 15) is 4.79 Å². The normalized spacial score (nSPS) is 13.8. The minimum Gasteiger partial charge on any atom is -0.355 e. The van der Waals surface area contributed by atoms with Gasteiger partial charge in [0.15, 0.2) is 0 Å². The summed E-state index contributed by atoms with van der Waals surface area (Å²) in [6.07, 6.45) is 4.58. The third kappa shape index (κ3) is 4.99. The molecule has 0 saturated heterocycles. The number of carbonyl (C=O) groups excluding carboxylic acids is 1. The van der Waals surface area contributed by atoms with E-state index in [-0.39, 0.29) is 18.0 Å². The summed E-state index contributed by atoms with van der Waals surface area (Å²) in [4.78, 5) is 11.8. The molecule has 2 rings (SSSR count). The molecule has 2 N–H and O–H groups in total. The fourth-order valence-electron chi connectivity index (χ4n) is 2.02. The lowest BCUT2D eigenvalue weighted by Gasteiger charge is -2.21. The van der Waals surface area contributed by atoms with Crippen molar-refractivity contribution < 1.29 is 4.79 Å². The summed E-state index contributed by atoms with van der Waals surface area (Å²) < 4.78 is 1.89. The molecule has 6 heteroatoms. The molecule has 1 amide bonds. The van der Waals surface area contributed by atoms with Gasteiger partial charge in [-0.05, 0) is 48.7 Å². The van der Waals surface area contributed by atoms with Gasteiger partial charge in [-0.1, -0.05) is 0 Å². The zero-order chi connectivity index (χ0) is 15.1. The van der Waals surface area contributed by atoms with Crippen molar-refractivity contribution in [2.45, 2.75) is 32.4 Å². The van der Waals surface area contributed by atoms with Crippen LogP contribution in [0.1, 0.15) is 25.5 Å². The fourth-order valence-corrected chi connectivity index (χ4v) is 2.72. The van der Waals surface area contributed by atoms with E-state index in [2.05, 4.69) is 46.4 Å². The first-order chi connectivity index (χ1) is 10.2. The van der Waals surface area contributed by atoms with Gasteiger partial charge in [0.1, 0.15) is 0 Å². The Bertz CT molecular complexity index is 524. The van der Waals surface area contributed by atoms with Crippen molar-refractivity contribution in [2.24, 2.45) is 0 Å². The second-order valence-electron chi connectivity index (χ2n) is 5.13. The first-order valence-corrected chi connectivity index (χ1v) is 8.11. The topological polar surface area (TPSA) is 59.0 Å². The summed E-state index contributed by atoms with van der Waals surface area (Å²) in [5.41, 5.74) is 1.27. The van der Waals surface area contributed by atoms with E-state index in [0.717, 1.165) is 6.42 Å². The predicted octanol–water partition coefficient (Wildman–Crippen LogP) is 1.84. The van der Waals surface area contributed by atoms with E-state index in [1.165, 1.54) is 5.56 Å². The number of carbonyl (C=O) groups is 1. The van der Waals surface area contributed by atoms with E-state index in [1.54, 1.807) is 17.5 Å². The van der Waals surface area contributed by atoms with Gasteiger partial charge in [-0.25, -0.2) is 0 Å². The summed E-state index contributed by atoms with van der Waals surface area (Å²) in [7, 11) is 0. The van der Waals surface area contributed by atoms with Crippen LogP contribution < -0.4 is 10.6 Å². The Morgan fingerprint density at radius 2 is 2.33 bits per heavy atom. The summed E-state index contributed by atoms with van der Waals surface area (Å²) in [5.74, 6) is 0.0322. The second-order valence-corrected chi connectivity index (χ2v) is 5.91. The fraction of sp³-hybridized carbons (Fsp3) is 0.467. The van der Waals surface area contributed by atoms with Crippen LogP contribution in [0.3, 0.4) is 0 Å². The van der Waals surface area contributed by atoms with Crippen molar-refractivity contribution in [3.8, 4) is 0 Å². The maximum Gasteiger partial charge on any atom is 0.233 e. The molecule has 0 fully saturated rings. The van der Waals surface area contributed by atoms with Crippen molar-refractivity contribution in [3.63, 3.8) is 0 Å². The van der Waals surface area contributed by atoms with Crippen molar-refractivity contribution in [2.75, 3.05) is 13.1 Å². The molecule has 0 radical (unpaired) electrons. The summed E-state index contributed by atoms with van der Waals surface area (Å²) >= 11 is 1.68. The van der Waals surface area contributed by atoms with Gasteiger partial charge in [-0.2, -0.15) is 16.4 Å². The second kappa shape index (κ2) is 7.95. The molecule has 114 valence electrons. The Labute approximate surface area is 129 Å². The SMILES string of the molecule is C[C@H]([C@@H](C)NCC(=O)NCCc1ccsc1)n1cccn1. The van der Waals surface area contributed by atoms with Gasteiger partial charge in [-0.3, -0.25) is 9.48 Å². The molecule has 0 aliphatic carbocycles. The number of nitrogens with zero attached hydrogens (tertiary/aromatic N) is 2. The zero-order valence-corrected chi connectivity index (χ0v) is 13.3. The lowest BCUT2D eigenvalue weighted by Crippen LogP contribution is -2.41. The van der Waals surface area contributed by atoms with Gasteiger partial charge in [0.2, 0.25) is 5.91 Å². The third-order valence-corrected chi connectivity index (χ3v) is 4.30. The molecular formula is C15H22N4OS. The van der Waals surface area contributed by atoms with E-state index in [1.807, 2.05) is 16.9 Å². The molecule has 0 aliphatic heterocycles. The molecule has 0 aliphatic rings. The zero-order valence-electron chi connectivity index (χ0n) is 12.5. The van der Waals surface area contributed by atoms with Crippen molar-refractivity contribution >= 4 is 17.2 Å². The van der Waals surface area contributed by atoms with Crippen LogP contribution in [-0.2, 0) is 11.2 Å². The first kappa shape index (κ1) is 15.7. The van der Waals surface area contributed by atoms with Crippen LogP contribution in [0.15, 0.2) is 35.3 Å². The molecule has 0 saturated carbocycles. The van der Waals surface area contributed by atoms with Crippen LogP contribution in [0.4, 0.5) is 0 Å². The Balaban J connectivity index is 1.64. The highest BCUT2D eigenvalue weighted by atomic mass is 32.1. The average molecular weight is 306 g/mol. The quantitative estimate of drug-likeness (QED) is 0.782. The largest absolute Gasteiger partial charge is 0.355 e. The molecule has 2 atom stereocenters. The van der Waals surface area contributed by atoms with Crippen LogP contribution in [-0.4, -0.2) is 34.8 Å². The van der Waals surface area contributed by atoms with Crippen LogP contribution >= 0.6 is 11.3 Å². The average Bonchev–Trinajstić information content (AvgIpc) is 3.16. The van der Waals surface area contributed by atoms with Gasteiger partial charge in [0.05, 0.1) is 12.6 Å². The van der Waals surface area contributed by atoms with Crippen LogP contribution in [0.2, 0.25) is 0 Å². The first-order valence-electron chi connectivity index (χ1n) is 7.17. The van der Waals surface area contributed by atoms with E-state index >= 15 is 0 Å². The molecule has 0 unspecified atom stereocenters. The Morgan fingerprint density at radius 1 is 1.48 bits per heavy atom. The lowest BCUT2D eigenvalue weighted by molar-refractivity contribution is -0.120. The maximum absolute atomic E-state index is 11.8. The van der Waals surface area contributed by atoms with E-state index in [0.29, 0.717) is 13.1 Å². The van der Waals surface area contributed by atoms with Gasteiger partial charge in [-0.15, -0.1) is 0 Å². The standard InChI is InChI=1S/C15H22N4OS/c1-12(13(2)19-8-3-6-18-19)17-10-15(20)16-7-4-14-5-9-21-11-14/h3,5-6,8-9,11-13,17H,4,7,10H2,1-2H3,(H,16,20)/t12-,13-/m1/s1. The summed E-state index contributed by atoms with van der Waals surface area (Å²) in [6.45, 7) is 5.15. The minimum absolute atomic E-state index is 0.0322. The Hall–Kier alpha value is -1.66. The number of nitrogens with one attached hydrogen (secondary N) is 2. The van der Waals surface area contributed by atoms with Gasteiger partial charge in [0, 0.05) is 25.0 Å². The Kier molecular flexibility index (Phi) is 5.95. The molecule has 21 heavy (non-hydrogen) atoms. The number of aromatic nitrogens is 2. The van der Waals surface area contributed by atoms with Crippen LogP contribution in [0.5, 0.6) is 0 Å². The van der Waals surface area contributed by atoms with Crippen LogP contribution in [0, 0.1) is 0 Å². The Morgan fingerprint density at radius 3 is 3.00 bits per heavy atom. The number of rotatable bonds is 8. The minimum atomic E-state index is 0.0322. The van der Waals surface area contributed by atoms with E-state index in [4.69, 9.17) is 0 Å². The molecule has 0 bridgehead atoms. The van der Waals surface area contributed by atoms with Crippen LogP contribution in [0.25, 0.3) is 0 Å². The summed E-state index contributed by atoms with van der Waals surface area (Å²) in [5, 5.41) is 14.6. The van der Waals surface area contributed by atoms with E-state index < -0.39 is 0 Å². The molecule has 2 heterocycles. The number of hydrogen-bond donors (Lipinski definition) is 2. The monoisotopic (exact) mass is 306 g/mol. The maximum atomic E-state index is 11.8.